The van der Waals surface area contributed by atoms with Gasteiger partial charge < -0.3 is 9.88 Å². The molecule has 0 aliphatic carbocycles. The van der Waals surface area contributed by atoms with Crippen molar-refractivity contribution in [2.45, 2.75) is 52.2 Å². The van der Waals surface area contributed by atoms with Crippen LogP contribution in [0.4, 0.5) is 0 Å². The molecule has 0 radical (unpaired) electrons. The van der Waals surface area contributed by atoms with Gasteiger partial charge in [-0.1, -0.05) is 0 Å². The Labute approximate surface area is 124 Å². The summed E-state index contributed by atoms with van der Waals surface area (Å²) in [4.78, 5) is 12.0. The maximum atomic E-state index is 12.0. The second-order valence-electron chi connectivity index (χ2n) is 5.35. The lowest BCUT2D eigenvalue weighted by Crippen LogP contribution is -2.29. The van der Waals surface area contributed by atoms with Crippen LogP contribution in [-0.4, -0.2) is 30.5 Å². The van der Waals surface area contributed by atoms with Crippen LogP contribution in [0.5, 0.6) is 0 Å². The average molecular weight is 290 g/mol. The number of nitrogens with zero attached hydrogens (tertiary/aromatic N) is 5. The fourth-order valence-electron chi connectivity index (χ4n) is 2.17. The second-order valence-corrected chi connectivity index (χ2v) is 5.35. The molecule has 1 amide bonds. The van der Waals surface area contributed by atoms with Crippen LogP contribution in [-0.2, 0) is 11.3 Å². The zero-order chi connectivity index (χ0) is 15.2. The van der Waals surface area contributed by atoms with E-state index >= 15 is 0 Å². The molecule has 0 aliphatic rings. The lowest BCUT2D eigenvalue weighted by Gasteiger charge is -2.16. The number of aryl methyl sites for hydroxylation is 1. The zero-order valence-electron chi connectivity index (χ0n) is 12.7. The molecule has 1 unspecified atom stereocenters. The van der Waals surface area contributed by atoms with Crippen LogP contribution in [0.25, 0.3) is 0 Å². The van der Waals surface area contributed by atoms with E-state index in [-0.39, 0.29) is 18.0 Å². The summed E-state index contributed by atoms with van der Waals surface area (Å²) in [5, 5.41) is 15.1. The van der Waals surface area contributed by atoms with Gasteiger partial charge in [-0.15, -0.1) is 10.2 Å². The molecule has 0 saturated carbocycles. The third-order valence-electron chi connectivity index (χ3n) is 3.27. The monoisotopic (exact) mass is 290 g/mol. The Bertz CT molecular complexity index is 560. The minimum atomic E-state index is -0.146. The smallest absolute Gasteiger partial charge is 0.220 e. The molecule has 1 N–H and O–H groups in total. The summed E-state index contributed by atoms with van der Waals surface area (Å²) >= 11 is 0. The summed E-state index contributed by atoms with van der Waals surface area (Å²) in [6.07, 6.45) is 6.56. The van der Waals surface area contributed by atoms with Crippen molar-refractivity contribution in [2.75, 3.05) is 0 Å². The summed E-state index contributed by atoms with van der Waals surface area (Å²) in [7, 11) is 0. The Hall–Kier alpha value is -2.18. The Balaban J connectivity index is 1.80. The second kappa shape index (κ2) is 7.01. The maximum Gasteiger partial charge on any atom is 0.220 e. The number of hydrogen-bond donors (Lipinski definition) is 1. The van der Waals surface area contributed by atoms with Gasteiger partial charge in [0.05, 0.1) is 6.04 Å². The lowest BCUT2D eigenvalue weighted by atomic mass is 10.2. The Morgan fingerprint density at radius 2 is 2.19 bits per heavy atom. The normalized spacial score (nSPS) is 12.6. The maximum absolute atomic E-state index is 12.0. The largest absolute Gasteiger partial charge is 0.346 e. The van der Waals surface area contributed by atoms with Gasteiger partial charge in [-0.25, -0.2) is 0 Å². The molecule has 0 aromatic carbocycles. The third-order valence-corrected chi connectivity index (χ3v) is 3.27. The fourth-order valence-corrected chi connectivity index (χ4v) is 2.17. The lowest BCUT2D eigenvalue weighted by molar-refractivity contribution is -0.121. The van der Waals surface area contributed by atoms with Gasteiger partial charge in [0, 0.05) is 31.4 Å². The molecule has 2 aromatic heterocycles. The molecule has 0 bridgehead atoms. The molecule has 7 nitrogen and oxygen atoms in total. The number of aromatic nitrogens is 5. The first-order valence-corrected chi connectivity index (χ1v) is 7.24. The molecule has 0 fully saturated rings. The van der Waals surface area contributed by atoms with Crippen LogP contribution in [0.2, 0.25) is 0 Å². The standard InChI is InChI=1S/C14H22N6O/c1-11(2)20-10-15-18-14(20)12(3)17-13(21)6-4-8-19-9-5-7-16-19/h5,7,9-12H,4,6,8H2,1-3H3,(H,17,21). The third kappa shape index (κ3) is 4.14. The molecular weight excluding hydrogens is 268 g/mol. The van der Waals surface area contributed by atoms with Gasteiger partial charge in [-0.05, 0) is 33.3 Å². The molecule has 21 heavy (non-hydrogen) atoms. The van der Waals surface area contributed by atoms with Crippen molar-refractivity contribution in [2.24, 2.45) is 0 Å². The van der Waals surface area contributed by atoms with E-state index in [9.17, 15) is 4.79 Å². The van der Waals surface area contributed by atoms with Crippen molar-refractivity contribution in [3.63, 3.8) is 0 Å². The highest BCUT2D eigenvalue weighted by Gasteiger charge is 2.16. The van der Waals surface area contributed by atoms with E-state index in [1.807, 2.05) is 28.4 Å². The Morgan fingerprint density at radius 1 is 1.38 bits per heavy atom. The van der Waals surface area contributed by atoms with Crippen LogP contribution >= 0.6 is 0 Å². The first-order chi connectivity index (χ1) is 10.1. The molecular formula is C14H22N6O. The van der Waals surface area contributed by atoms with E-state index in [1.54, 1.807) is 12.5 Å². The number of nitrogens with one attached hydrogen (secondary N) is 1. The highest BCUT2D eigenvalue weighted by Crippen LogP contribution is 2.14. The van der Waals surface area contributed by atoms with Gasteiger partial charge in [-0.3, -0.25) is 9.48 Å². The van der Waals surface area contributed by atoms with E-state index in [2.05, 4.69) is 34.5 Å². The van der Waals surface area contributed by atoms with Crippen LogP contribution in [0.3, 0.4) is 0 Å². The minimum absolute atomic E-state index is 0.0213. The van der Waals surface area contributed by atoms with Crippen molar-refractivity contribution in [3.8, 4) is 0 Å². The van der Waals surface area contributed by atoms with Gasteiger partial charge in [0.2, 0.25) is 5.91 Å². The van der Waals surface area contributed by atoms with Crippen molar-refractivity contribution in [3.05, 3.63) is 30.6 Å². The Kier molecular flexibility index (Phi) is 5.08. The van der Waals surface area contributed by atoms with Crippen molar-refractivity contribution >= 4 is 5.91 Å². The number of hydrogen-bond acceptors (Lipinski definition) is 4. The van der Waals surface area contributed by atoms with Crippen molar-refractivity contribution in [1.82, 2.24) is 29.9 Å². The molecule has 114 valence electrons. The number of carbonyl (C=O) groups is 1. The predicted molar refractivity (Wildman–Crippen MR) is 78.4 cm³/mol. The van der Waals surface area contributed by atoms with Gasteiger partial charge in [0.25, 0.3) is 0 Å². The fraction of sp³-hybridized carbons (Fsp3) is 0.571. The van der Waals surface area contributed by atoms with E-state index in [4.69, 9.17) is 0 Å². The average Bonchev–Trinajstić information content (AvgIpc) is 3.09. The summed E-state index contributed by atoms with van der Waals surface area (Å²) in [6.45, 7) is 6.79. The number of carbonyl (C=O) groups excluding carboxylic acids is 1. The minimum Gasteiger partial charge on any atom is -0.346 e. The zero-order valence-corrected chi connectivity index (χ0v) is 12.7. The highest BCUT2D eigenvalue weighted by atomic mass is 16.1. The van der Waals surface area contributed by atoms with Crippen LogP contribution < -0.4 is 5.32 Å². The number of amides is 1. The molecule has 2 aromatic rings. The molecule has 0 saturated heterocycles. The summed E-state index contributed by atoms with van der Waals surface area (Å²) < 4.78 is 3.79. The molecule has 1 atom stereocenters. The highest BCUT2D eigenvalue weighted by molar-refractivity contribution is 5.76. The van der Waals surface area contributed by atoms with Crippen LogP contribution in [0, 0.1) is 0 Å². The van der Waals surface area contributed by atoms with Crippen LogP contribution in [0.15, 0.2) is 24.8 Å². The van der Waals surface area contributed by atoms with Gasteiger partial charge in [-0.2, -0.15) is 5.10 Å². The molecule has 2 heterocycles. The summed E-state index contributed by atoms with van der Waals surface area (Å²) in [5.41, 5.74) is 0. The van der Waals surface area contributed by atoms with E-state index in [0.29, 0.717) is 6.42 Å². The first-order valence-electron chi connectivity index (χ1n) is 7.24. The van der Waals surface area contributed by atoms with E-state index in [0.717, 1.165) is 18.8 Å². The molecule has 7 heteroatoms. The van der Waals surface area contributed by atoms with Gasteiger partial charge in [0.1, 0.15) is 6.33 Å². The summed E-state index contributed by atoms with van der Waals surface area (Å²) in [5.74, 6) is 0.804. The van der Waals surface area contributed by atoms with Gasteiger partial charge >= 0.3 is 0 Å². The topological polar surface area (TPSA) is 77.6 Å². The quantitative estimate of drug-likeness (QED) is 0.842. The molecule has 0 spiro atoms. The van der Waals surface area contributed by atoms with Gasteiger partial charge in [0.15, 0.2) is 5.82 Å². The van der Waals surface area contributed by atoms with E-state index < -0.39 is 0 Å². The number of rotatable bonds is 7. The van der Waals surface area contributed by atoms with E-state index in [1.165, 1.54) is 0 Å². The molecule has 2 rings (SSSR count). The van der Waals surface area contributed by atoms with Crippen molar-refractivity contribution < 1.29 is 4.79 Å². The Morgan fingerprint density at radius 3 is 2.86 bits per heavy atom. The van der Waals surface area contributed by atoms with Crippen molar-refractivity contribution in [1.29, 1.82) is 0 Å². The predicted octanol–water partition coefficient (Wildman–Crippen LogP) is 1.71. The van der Waals surface area contributed by atoms with Crippen LogP contribution in [0.1, 0.15) is 51.5 Å². The molecule has 0 aliphatic heterocycles. The summed E-state index contributed by atoms with van der Waals surface area (Å²) in [6, 6.07) is 2.00. The SMILES string of the molecule is CC(NC(=O)CCCn1cccn1)c1nncn1C(C)C. The first kappa shape index (κ1) is 15.2.